The van der Waals surface area contributed by atoms with E-state index in [4.69, 9.17) is 11.6 Å². The van der Waals surface area contributed by atoms with E-state index in [9.17, 15) is 36.2 Å². The molecule has 0 atom stereocenters. The van der Waals surface area contributed by atoms with E-state index in [1.165, 1.54) is 27.1 Å². The van der Waals surface area contributed by atoms with Crippen molar-refractivity contribution in [2.24, 2.45) is 5.92 Å². The summed E-state index contributed by atoms with van der Waals surface area (Å²) >= 11 is 6.49. The number of likely N-dealkylation sites (N-methyl/N-ethyl adjacent to an activating group) is 1. The number of hydrogen-bond donors (Lipinski definition) is 1. The van der Waals surface area contributed by atoms with Crippen molar-refractivity contribution in [3.8, 4) is 11.1 Å². The van der Waals surface area contributed by atoms with Gasteiger partial charge in [0, 0.05) is 29.7 Å². The zero-order valence-electron chi connectivity index (χ0n) is 23.7. The van der Waals surface area contributed by atoms with Crippen molar-refractivity contribution >= 4 is 29.0 Å². The van der Waals surface area contributed by atoms with Gasteiger partial charge in [0.15, 0.2) is 0 Å². The molecule has 0 fully saturated rings. The van der Waals surface area contributed by atoms with E-state index >= 15 is 0 Å². The second kappa shape index (κ2) is 12.5. The number of amides is 1. The van der Waals surface area contributed by atoms with Crippen molar-refractivity contribution in [2.45, 2.75) is 51.9 Å². The first-order valence-electron chi connectivity index (χ1n) is 13.1. The molecule has 0 spiro atoms. The second-order valence-corrected chi connectivity index (χ2v) is 11.3. The summed E-state index contributed by atoms with van der Waals surface area (Å²) in [6.45, 7) is 6.74. The maximum atomic E-state index is 13.9. The number of aliphatic hydroxyl groups is 1. The highest BCUT2D eigenvalue weighted by Crippen LogP contribution is 2.41. The van der Waals surface area contributed by atoms with Crippen molar-refractivity contribution in [2.75, 3.05) is 30.1 Å². The normalized spacial score (nSPS) is 12.5. The minimum absolute atomic E-state index is 0.0259. The average molecular weight is 616 g/mol. The SMILES string of the molecule is CC(C)CCN(CO)c1cc(-c2ccccc2Cl)c(N(C)C(=O)C(C)(C)c2cc(C(F)(F)F)cc(C(F)(F)F)c2)cn1. The number of halogens is 7. The summed E-state index contributed by atoms with van der Waals surface area (Å²) in [6.07, 6.45) is -8.00. The third-order valence-corrected chi connectivity index (χ3v) is 7.34. The van der Waals surface area contributed by atoms with E-state index in [1.807, 2.05) is 13.8 Å². The van der Waals surface area contributed by atoms with Gasteiger partial charge in [0.25, 0.3) is 0 Å². The van der Waals surface area contributed by atoms with Crippen molar-refractivity contribution in [1.29, 1.82) is 0 Å². The molecule has 0 aliphatic rings. The highest BCUT2D eigenvalue weighted by molar-refractivity contribution is 6.33. The molecule has 2 aromatic carbocycles. The molecule has 228 valence electrons. The molecule has 0 radical (unpaired) electrons. The van der Waals surface area contributed by atoms with Gasteiger partial charge >= 0.3 is 12.4 Å². The van der Waals surface area contributed by atoms with Crippen LogP contribution in [-0.2, 0) is 22.6 Å². The Balaban J connectivity index is 2.15. The van der Waals surface area contributed by atoms with Crippen LogP contribution in [0.4, 0.5) is 37.8 Å². The minimum Gasteiger partial charge on any atom is -0.376 e. The van der Waals surface area contributed by atoms with E-state index in [-0.39, 0.29) is 18.5 Å². The zero-order valence-corrected chi connectivity index (χ0v) is 24.5. The van der Waals surface area contributed by atoms with Crippen LogP contribution in [0.1, 0.15) is 50.8 Å². The summed E-state index contributed by atoms with van der Waals surface area (Å²) < 4.78 is 81.3. The fourth-order valence-electron chi connectivity index (χ4n) is 4.41. The molecular weight excluding hydrogens is 584 g/mol. The van der Waals surface area contributed by atoms with Crippen LogP contribution < -0.4 is 9.80 Å². The molecular formula is C30H32ClF6N3O2. The Bertz CT molecular complexity index is 1390. The van der Waals surface area contributed by atoms with Gasteiger partial charge in [-0.1, -0.05) is 43.6 Å². The van der Waals surface area contributed by atoms with Gasteiger partial charge in [-0.2, -0.15) is 26.3 Å². The number of aromatic nitrogens is 1. The van der Waals surface area contributed by atoms with Gasteiger partial charge in [-0.3, -0.25) is 4.79 Å². The van der Waals surface area contributed by atoms with Crippen LogP contribution in [0.15, 0.2) is 54.7 Å². The van der Waals surface area contributed by atoms with Crippen molar-refractivity contribution in [1.82, 2.24) is 4.98 Å². The van der Waals surface area contributed by atoms with Gasteiger partial charge < -0.3 is 14.9 Å². The Morgan fingerprint density at radius 2 is 1.48 bits per heavy atom. The first-order valence-corrected chi connectivity index (χ1v) is 13.4. The summed E-state index contributed by atoms with van der Waals surface area (Å²) in [5.74, 6) is -0.0395. The number of anilines is 2. The van der Waals surface area contributed by atoms with Gasteiger partial charge in [0.05, 0.1) is 28.4 Å². The maximum Gasteiger partial charge on any atom is 0.416 e. The van der Waals surface area contributed by atoms with E-state index in [2.05, 4.69) is 4.98 Å². The zero-order chi connectivity index (χ0) is 31.6. The highest BCUT2D eigenvalue weighted by atomic mass is 35.5. The standard InChI is InChI=1S/C30H32ClF6N3O2/c1-18(2)10-11-40(17-41)26-15-23(22-8-6-7-9-24(22)31)25(16-38-26)39(5)27(42)28(3,4)19-12-20(29(32,33)34)14-21(13-19)30(35,36)37/h6-9,12-16,18,41H,10-11,17H2,1-5H3. The van der Waals surface area contributed by atoms with Crippen molar-refractivity contribution in [3.05, 3.63) is 76.4 Å². The molecule has 5 nitrogen and oxygen atoms in total. The summed E-state index contributed by atoms with van der Waals surface area (Å²) in [4.78, 5) is 21.1. The molecule has 1 amide bonds. The van der Waals surface area contributed by atoms with Gasteiger partial charge in [-0.25, -0.2) is 4.98 Å². The second-order valence-electron chi connectivity index (χ2n) is 10.9. The number of hydrogen-bond acceptors (Lipinski definition) is 4. The number of benzene rings is 2. The highest BCUT2D eigenvalue weighted by Gasteiger charge is 2.41. The molecule has 0 aliphatic heterocycles. The Kier molecular flexibility index (Phi) is 9.89. The molecule has 42 heavy (non-hydrogen) atoms. The number of alkyl halides is 6. The number of aliphatic hydroxyl groups excluding tert-OH is 1. The van der Waals surface area contributed by atoms with Crippen LogP contribution in [-0.4, -0.2) is 36.3 Å². The fourth-order valence-corrected chi connectivity index (χ4v) is 4.65. The molecule has 1 aromatic heterocycles. The van der Waals surface area contributed by atoms with Crippen LogP contribution in [0.2, 0.25) is 5.02 Å². The van der Waals surface area contributed by atoms with Crippen molar-refractivity contribution in [3.63, 3.8) is 0 Å². The lowest BCUT2D eigenvalue weighted by molar-refractivity contribution is -0.143. The maximum absolute atomic E-state index is 13.9. The first-order chi connectivity index (χ1) is 19.4. The number of carbonyl (C=O) groups excluding carboxylic acids is 1. The molecule has 12 heteroatoms. The van der Waals surface area contributed by atoms with Gasteiger partial charge in [-0.15, -0.1) is 0 Å². The minimum atomic E-state index is -5.06. The van der Waals surface area contributed by atoms with Crippen LogP contribution in [0.3, 0.4) is 0 Å². The molecule has 1 N–H and O–H groups in total. The Labute approximate surface area is 245 Å². The summed E-state index contributed by atoms with van der Waals surface area (Å²) in [6, 6.07) is 9.55. The average Bonchev–Trinajstić information content (AvgIpc) is 2.91. The first kappa shape index (κ1) is 33.2. The lowest BCUT2D eigenvalue weighted by atomic mass is 9.81. The fraction of sp³-hybridized carbons (Fsp3) is 0.400. The van der Waals surface area contributed by atoms with E-state index in [1.54, 1.807) is 35.2 Å². The quantitative estimate of drug-likeness (QED) is 0.195. The largest absolute Gasteiger partial charge is 0.416 e. The molecule has 0 saturated heterocycles. The molecule has 0 unspecified atom stereocenters. The third kappa shape index (κ3) is 7.36. The monoisotopic (exact) mass is 615 g/mol. The lowest BCUT2D eigenvalue weighted by Gasteiger charge is -2.32. The molecule has 0 bridgehead atoms. The van der Waals surface area contributed by atoms with Crippen LogP contribution >= 0.6 is 11.6 Å². The topological polar surface area (TPSA) is 56.7 Å². The molecule has 0 saturated carbocycles. The van der Waals surface area contributed by atoms with E-state index in [0.717, 1.165) is 11.3 Å². The van der Waals surface area contributed by atoms with Gasteiger partial charge in [0.1, 0.15) is 12.5 Å². The van der Waals surface area contributed by atoms with E-state index in [0.29, 0.717) is 46.6 Å². The number of carbonyl (C=O) groups is 1. The molecule has 3 aromatic rings. The van der Waals surface area contributed by atoms with Crippen LogP contribution in [0, 0.1) is 5.92 Å². The summed E-state index contributed by atoms with van der Waals surface area (Å²) in [5, 5.41) is 10.3. The Hall–Kier alpha value is -3.31. The number of pyridine rings is 1. The smallest absolute Gasteiger partial charge is 0.376 e. The molecule has 3 rings (SSSR count). The van der Waals surface area contributed by atoms with Gasteiger partial charge in [-0.05, 0) is 62.1 Å². The van der Waals surface area contributed by atoms with E-state index < -0.39 is 40.4 Å². The predicted molar refractivity (Wildman–Crippen MR) is 151 cm³/mol. The third-order valence-electron chi connectivity index (χ3n) is 7.01. The predicted octanol–water partition coefficient (Wildman–Crippen LogP) is 8.18. The lowest BCUT2D eigenvalue weighted by Crippen LogP contribution is -2.42. The summed E-state index contributed by atoms with van der Waals surface area (Å²) in [5.41, 5.74) is -4.13. The number of rotatable bonds is 9. The summed E-state index contributed by atoms with van der Waals surface area (Å²) in [7, 11) is 1.36. The van der Waals surface area contributed by atoms with Gasteiger partial charge in [0.2, 0.25) is 5.91 Å². The van der Waals surface area contributed by atoms with Crippen LogP contribution in [0.5, 0.6) is 0 Å². The molecule has 1 heterocycles. The van der Waals surface area contributed by atoms with Crippen molar-refractivity contribution < 1.29 is 36.2 Å². The molecule has 0 aliphatic carbocycles. The number of nitrogens with zero attached hydrogens (tertiary/aromatic N) is 3. The Morgan fingerprint density at radius 1 is 0.929 bits per heavy atom. The van der Waals surface area contributed by atoms with Crippen LogP contribution in [0.25, 0.3) is 11.1 Å². The Morgan fingerprint density at radius 3 is 1.98 bits per heavy atom.